The van der Waals surface area contributed by atoms with E-state index in [0.29, 0.717) is 12.8 Å². The Morgan fingerprint density at radius 3 is 1.50 bits per heavy atom. The highest BCUT2D eigenvalue weighted by Gasteiger charge is 2.27. The molecular weight excluding hydrogens is 358 g/mol. The summed E-state index contributed by atoms with van der Waals surface area (Å²) in [6.07, 6.45) is 1.15. The van der Waals surface area contributed by atoms with Crippen LogP contribution in [0.2, 0.25) is 0 Å². The zero-order valence-corrected chi connectivity index (χ0v) is 15.5. The van der Waals surface area contributed by atoms with Gasteiger partial charge in [-0.1, -0.05) is 38.1 Å². The van der Waals surface area contributed by atoms with Gasteiger partial charge in [-0.2, -0.15) is 0 Å². The lowest BCUT2D eigenvalue weighted by molar-refractivity contribution is 0.455. The summed E-state index contributed by atoms with van der Waals surface area (Å²) in [5, 5.41) is 0.0849. The number of rotatable bonds is 3. The van der Waals surface area contributed by atoms with Crippen LogP contribution in [0.1, 0.15) is 32.7 Å². The number of hydrogen-bond acceptors (Lipinski definition) is 6. The quantitative estimate of drug-likeness (QED) is 0.318. The van der Waals surface area contributed by atoms with E-state index in [4.69, 9.17) is 11.5 Å². The zero-order chi connectivity index (χ0) is 20.3. The maximum Gasteiger partial charge on any atom is 0.264 e. The van der Waals surface area contributed by atoms with Crippen LogP contribution in [0, 0.1) is 0 Å². The third-order valence-electron chi connectivity index (χ3n) is 5.62. The average molecular weight is 377 g/mol. The summed E-state index contributed by atoms with van der Waals surface area (Å²) in [6, 6.07) is 6.04. The van der Waals surface area contributed by atoms with Gasteiger partial charge in [-0.15, -0.1) is 0 Å². The molecule has 0 aliphatic rings. The van der Waals surface area contributed by atoms with Crippen molar-refractivity contribution in [1.29, 1.82) is 0 Å². The van der Waals surface area contributed by atoms with Crippen LogP contribution in [0.4, 0.5) is 11.4 Å². The molecule has 0 saturated carbocycles. The Morgan fingerprint density at radius 1 is 0.750 bits per heavy atom. The van der Waals surface area contributed by atoms with Gasteiger partial charge in [-0.25, -0.2) is 0 Å². The van der Waals surface area contributed by atoms with Crippen LogP contribution in [0.3, 0.4) is 0 Å². The largest absolute Gasteiger partial charge is 0.397 e. The second kappa shape index (κ2) is 6.02. The highest BCUT2D eigenvalue weighted by molar-refractivity contribution is 6.20. The summed E-state index contributed by atoms with van der Waals surface area (Å²) in [5.41, 5.74) is 10.0. The molecule has 4 N–H and O–H groups in total. The molecule has 3 aromatic carbocycles. The predicted molar refractivity (Wildman–Crippen MR) is 113 cm³/mol. The molecular formula is C21H19N3O4. The van der Waals surface area contributed by atoms with Crippen molar-refractivity contribution in [3.63, 3.8) is 0 Å². The first-order chi connectivity index (χ1) is 13.3. The number of fused-ring (bicyclic) bond motifs is 3. The molecule has 0 aliphatic heterocycles. The molecule has 0 amide bonds. The molecule has 1 aromatic heterocycles. The summed E-state index contributed by atoms with van der Waals surface area (Å²) in [4.78, 5) is 52.2. The lowest BCUT2D eigenvalue weighted by Gasteiger charge is -2.11. The van der Waals surface area contributed by atoms with Crippen LogP contribution < -0.4 is 33.4 Å². The number of benzene rings is 3. The molecule has 142 valence electrons. The molecule has 0 spiro atoms. The van der Waals surface area contributed by atoms with Crippen LogP contribution in [0.15, 0.2) is 43.4 Å². The highest BCUT2D eigenvalue weighted by Crippen LogP contribution is 2.32. The van der Waals surface area contributed by atoms with E-state index in [1.807, 2.05) is 13.8 Å². The zero-order valence-electron chi connectivity index (χ0n) is 15.5. The molecule has 4 rings (SSSR count). The summed E-state index contributed by atoms with van der Waals surface area (Å²) >= 11 is 0. The van der Waals surface area contributed by atoms with E-state index in [1.54, 1.807) is 12.1 Å². The van der Waals surface area contributed by atoms with Gasteiger partial charge in [-0.3, -0.25) is 23.7 Å². The number of aromatic nitrogens is 1. The number of hydrogen-bond donors (Lipinski definition) is 2. The summed E-state index contributed by atoms with van der Waals surface area (Å²) in [6.45, 7) is 3.75. The Kier molecular flexibility index (Phi) is 3.85. The van der Waals surface area contributed by atoms with E-state index in [0.717, 1.165) is 4.57 Å². The third-order valence-corrected chi connectivity index (χ3v) is 5.62. The van der Waals surface area contributed by atoms with Crippen LogP contribution in [0.5, 0.6) is 0 Å². The highest BCUT2D eigenvalue weighted by atomic mass is 16.2. The van der Waals surface area contributed by atoms with Crippen LogP contribution in [0.25, 0.3) is 32.3 Å². The second-order valence-corrected chi connectivity index (χ2v) is 6.98. The Balaban J connectivity index is 2.39. The fourth-order valence-electron chi connectivity index (χ4n) is 4.17. The normalized spacial score (nSPS) is 12.0. The Bertz CT molecular complexity index is 1380. The fraction of sp³-hybridized carbons (Fsp3) is 0.238. The molecule has 28 heavy (non-hydrogen) atoms. The number of nitrogens with two attached hydrogens (primary N) is 2. The predicted octanol–water partition coefficient (Wildman–Crippen LogP) is 1.79. The van der Waals surface area contributed by atoms with E-state index in [-0.39, 0.29) is 49.7 Å². The molecule has 0 fully saturated rings. The number of anilines is 2. The summed E-state index contributed by atoms with van der Waals surface area (Å²) in [5.74, 6) is 0. The molecule has 4 aromatic rings. The van der Waals surface area contributed by atoms with Crippen molar-refractivity contribution in [1.82, 2.24) is 4.57 Å². The molecule has 0 radical (unpaired) electrons. The SMILES string of the molecule is CCC(CC)n1c(=O)c2c(N)c3c(=O)c4ccccc4c(=O)c3c(N)c2c1=O. The van der Waals surface area contributed by atoms with Gasteiger partial charge < -0.3 is 11.5 Å². The van der Waals surface area contributed by atoms with Crippen molar-refractivity contribution in [2.24, 2.45) is 0 Å². The van der Waals surface area contributed by atoms with E-state index in [9.17, 15) is 19.2 Å². The van der Waals surface area contributed by atoms with E-state index < -0.39 is 22.0 Å². The van der Waals surface area contributed by atoms with Gasteiger partial charge in [0.05, 0.1) is 32.9 Å². The molecule has 0 bridgehead atoms. The molecule has 0 saturated heterocycles. The lowest BCUT2D eigenvalue weighted by atomic mass is 9.97. The average Bonchev–Trinajstić information content (AvgIpc) is 2.95. The monoisotopic (exact) mass is 377 g/mol. The van der Waals surface area contributed by atoms with Crippen molar-refractivity contribution in [3.8, 4) is 0 Å². The van der Waals surface area contributed by atoms with Crippen molar-refractivity contribution in [2.75, 3.05) is 11.5 Å². The second-order valence-electron chi connectivity index (χ2n) is 6.98. The first-order valence-corrected chi connectivity index (χ1v) is 9.16. The van der Waals surface area contributed by atoms with Gasteiger partial charge in [0.25, 0.3) is 11.1 Å². The molecule has 0 atom stereocenters. The van der Waals surface area contributed by atoms with Crippen LogP contribution in [-0.4, -0.2) is 4.57 Å². The van der Waals surface area contributed by atoms with Gasteiger partial charge in [-0.05, 0) is 12.8 Å². The topological polar surface area (TPSA) is 125 Å². The minimum Gasteiger partial charge on any atom is -0.397 e. The molecule has 0 unspecified atom stereocenters. The van der Waals surface area contributed by atoms with Crippen molar-refractivity contribution in [2.45, 2.75) is 32.7 Å². The van der Waals surface area contributed by atoms with Gasteiger partial charge in [0, 0.05) is 16.8 Å². The van der Waals surface area contributed by atoms with Gasteiger partial charge in [0.1, 0.15) is 0 Å². The smallest absolute Gasteiger partial charge is 0.264 e. The van der Waals surface area contributed by atoms with Crippen molar-refractivity contribution < 1.29 is 0 Å². The Hall–Kier alpha value is -3.48. The molecule has 7 nitrogen and oxygen atoms in total. The van der Waals surface area contributed by atoms with Gasteiger partial charge in [0.15, 0.2) is 10.9 Å². The van der Waals surface area contributed by atoms with Gasteiger partial charge >= 0.3 is 0 Å². The van der Waals surface area contributed by atoms with E-state index in [2.05, 4.69) is 0 Å². The van der Waals surface area contributed by atoms with E-state index >= 15 is 0 Å². The molecule has 7 heteroatoms. The minimum absolute atomic E-state index is 0.0753. The fourth-order valence-corrected chi connectivity index (χ4v) is 4.17. The standard InChI is InChI=1S/C21H19N3O4/c1-3-9(4-2)24-20(27)14-15(21(24)28)17(23)13-12(16(14)22)18(25)10-7-5-6-8-11(10)19(13)26/h5-9H,3-4,22-23H2,1-2H3. The Morgan fingerprint density at radius 2 is 1.14 bits per heavy atom. The van der Waals surface area contributed by atoms with E-state index in [1.165, 1.54) is 12.1 Å². The maximum absolute atomic E-state index is 13.0. The third kappa shape index (κ3) is 2.04. The van der Waals surface area contributed by atoms with Crippen LogP contribution >= 0.6 is 0 Å². The number of nitrogens with zero attached hydrogens (tertiary/aromatic N) is 1. The summed E-state index contributed by atoms with van der Waals surface area (Å²) < 4.78 is 1.14. The minimum atomic E-state index is -0.570. The maximum atomic E-state index is 13.0. The van der Waals surface area contributed by atoms with Gasteiger partial charge in [0.2, 0.25) is 0 Å². The first kappa shape index (κ1) is 17.9. The molecule has 0 aliphatic carbocycles. The number of nitrogen functional groups attached to an aromatic ring is 2. The van der Waals surface area contributed by atoms with Crippen molar-refractivity contribution in [3.05, 3.63) is 65.4 Å². The van der Waals surface area contributed by atoms with Crippen LogP contribution in [-0.2, 0) is 0 Å². The Labute approximate surface area is 158 Å². The first-order valence-electron chi connectivity index (χ1n) is 9.16. The molecule has 1 heterocycles. The summed E-state index contributed by atoms with van der Waals surface area (Å²) in [7, 11) is 0. The lowest BCUT2D eigenvalue weighted by Crippen LogP contribution is -2.29. The van der Waals surface area contributed by atoms with Crippen molar-refractivity contribution >= 4 is 43.7 Å².